The van der Waals surface area contributed by atoms with E-state index in [-0.39, 0.29) is 0 Å². The Kier molecular flexibility index (Phi) is 2.72. The van der Waals surface area contributed by atoms with Crippen molar-refractivity contribution in [3.05, 3.63) is 28.2 Å². The number of nitrogens with zero attached hydrogens (tertiary/aromatic N) is 1. The third-order valence-electron chi connectivity index (χ3n) is 2.11. The lowest BCUT2D eigenvalue weighted by atomic mass is 10.2. The molecule has 0 radical (unpaired) electrons. The van der Waals surface area contributed by atoms with Gasteiger partial charge in [-0.15, -0.1) is 0 Å². The fourth-order valence-corrected chi connectivity index (χ4v) is 1.67. The summed E-state index contributed by atoms with van der Waals surface area (Å²) in [6.45, 7) is 3.85. The van der Waals surface area contributed by atoms with Crippen molar-refractivity contribution in [3.63, 3.8) is 0 Å². The highest BCUT2D eigenvalue weighted by atomic mass is 79.9. The van der Waals surface area contributed by atoms with Crippen LogP contribution >= 0.6 is 15.9 Å². The molecule has 2 rings (SSSR count). The summed E-state index contributed by atoms with van der Waals surface area (Å²) in [6.07, 6.45) is 0. The Morgan fingerprint density at radius 1 is 1.50 bits per heavy atom. The molecule has 14 heavy (non-hydrogen) atoms. The number of hydrogen-bond acceptors (Lipinski definition) is 3. The zero-order valence-electron chi connectivity index (χ0n) is 7.97. The Hall–Kier alpha value is -1.03. The van der Waals surface area contributed by atoms with Gasteiger partial charge < -0.3 is 10.6 Å². The lowest BCUT2D eigenvalue weighted by Gasteiger charge is -2.07. The summed E-state index contributed by atoms with van der Waals surface area (Å²) in [5.41, 5.74) is 2.28. The first-order valence-electron chi connectivity index (χ1n) is 4.57. The van der Waals surface area contributed by atoms with E-state index in [9.17, 15) is 0 Å². The molecule has 0 aliphatic carbocycles. The minimum absolute atomic E-state index is 0.857. The van der Waals surface area contributed by atoms with E-state index in [1.807, 2.05) is 6.07 Å². The van der Waals surface area contributed by atoms with Crippen LogP contribution in [0.1, 0.15) is 5.56 Å². The number of nitrogens with one attached hydrogen (secondary N) is 2. The molecule has 0 atom stereocenters. The molecule has 1 aromatic carbocycles. The van der Waals surface area contributed by atoms with Crippen molar-refractivity contribution in [1.29, 1.82) is 0 Å². The number of hydrogen-bond donors (Lipinski definition) is 2. The molecule has 74 valence electrons. The minimum atomic E-state index is 0.857. The Morgan fingerprint density at radius 2 is 2.36 bits per heavy atom. The summed E-state index contributed by atoms with van der Waals surface area (Å²) in [5.74, 6) is 0.862. The van der Waals surface area contributed by atoms with Crippen LogP contribution in [0, 0.1) is 6.92 Å². The van der Waals surface area contributed by atoms with E-state index in [0.29, 0.717) is 0 Å². The number of aryl methyl sites for hydroxylation is 1. The van der Waals surface area contributed by atoms with E-state index in [2.05, 4.69) is 50.6 Å². The van der Waals surface area contributed by atoms with Crippen molar-refractivity contribution >= 4 is 27.6 Å². The lowest BCUT2D eigenvalue weighted by Crippen LogP contribution is -2.26. The maximum absolute atomic E-state index is 4.26. The summed E-state index contributed by atoms with van der Waals surface area (Å²) in [4.78, 5) is 4.26. The Labute approximate surface area is 91.7 Å². The fraction of sp³-hybridized carbons (Fsp3) is 0.300. The van der Waals surface area contributed by atoms with Crippen LogP contribution in [0.15, 0.2) is 27.7 Å². The highest BCUT2D eigenvalue weighted by Crippen LogP contribution is 2.20. The fourth-order valence-electron chi connectivity index (χ4n) is 1.29. The zero-order valence-corrected chi connectivity index (χ0v) is 9.56. The number of aliphatic imine (C=N–C) groups is 1. The monoisotopic (exact) mass is 253 g/mol. The topological polar surface area (TPSA) is 36.4 Å². The van der Waals surface area contributed by atoms with Gasteiger partial charge in [-0.1, -0.05) is 22.0 Å². The summed E-state index contributed by atoms with van der Waals surface area (Å²) >= 11 is 3.50. The van der Waals surface area contributed by atoms with Gasteiger partial charge in [0.15, 0.2) is 5.96 Å². The van der Waals surface area contributed by atoms with Crippen LogP contribution in [0.2, 0.25) is 0 Å². The molecule has 0 saturated carbocycles. The van der Waals surface area contributed by atoms with Crippen molar-refractivity contribution in [2.45, 2.75) is 6.92 Å². The molecule has 1 aliphatic rings. The van der Waals surface area contributed by atoms with E-state index in [0.717, 1.165) is 29.2 Å². The van der Waals surface area contributed by atoms with Crippen LogP contribution in [0.4, 0.5) is 5.69 Å². The van der Waals surface area contributed by atoms with E-state index in [1.54, 1.807) is 0 Å². The molecule has 0 amide bonds. The summed E-state index contributed by atoms with van der Waals surface area (Å²) in [5, 5.41) is 6.38. The molecular formula is C10H12BrN3. The van der Waals surface area contributed by atoms with E-state index in [4.69, 9.17) is 0 Å². The number of guanidine groups is 1. The SMILES string of the molecule is Cc1ccc(NC2=NCCN2)cc1Br. The van der Waals surface area contributed by atoms with Crippen molar-refractivity contribution in [2.75, 3.05) is 18.4 Å². The molecule has 1 heterocycles. The van der Waals surface area contributed by atoms with Crippen LogP contribution in [-0.4, -0.2) is 19.0 Å². The molecule has 0 aromatic heterocycles. The molecule has 1 aromatic rings. The second kappa shape index (κ2) is 4.00. The maximum Gasteiger partial charge on any atom is 0.195 e. The number of rotatable bonds is 1. The third-order valence-corrected chi connectivity index (χ3v) is 2.96. The van der Waals surface area contributed by atoms with Gasteiger partial charge in [-0.25, -0.2) is 0 Å². The van der Waals surface area contributed by atoms with Gasteiger partial charge in [0.25, 0.3) is 0 Å². The van der Waals surface area contributed by atoms with E-state index in [1.165, 1.54) is 5.56 Å². The third kappa shape index (κ3) is 2.07. The van der Waals surface area contributed by atoms with Crippen molar-refractivity contribution in [2.24, 2.45) is 4.99 Å². The van der Waals surface area contributed by atoms with Gasteiger partial charge in [0.1, 0.15) is 0 Å². The highest BCUT2D eigenvalue weighted by molar-refractivity contribution is 9.10. The molecule has 3 nitrogen and oxygen atoms in total. The number of benzene rings is 1. The number of halogens is 1. The zero-order chi connectivity index (χ0) is 9.97. The standard InChI is InChI=1S/C10H12BrN3/c1-7-2-3-8(6-9(7)11)14-10-12-4-5-13-10/h2-3,6H,4-5H2,1H3,(H2,12,13,14). The van der Waals surface area contributed by atoms with Crippen LogP contribution in [0.5, 0.6) is 0 Å². The second-order valence-corrected chi connectivity index (χ2v) is 4.10. The largest absolute Gasteiger partial charge is 0.354 e. The van der Waals surface area contributed by atoms with E-state index >= 15 is 0 Å². The molecule has 0 bridgehead atoms. The van der Waals surface area contributed by atoms with Gasteiger partial charge in [-0.05, 0) is 24.6 Å². The molecule has 1 aliphatic heterocycles. The van der Waals surface area contributed by atoms with Crippen molar-refractivity contribution < 1.29 is 0 Å². The van der Waals surface area contributed by atoms with Gasteiger partial charge in [-0.2, -0.15) is 0 Å². The summed E-state index contributed by atoms with van der Waals surface area (Å²) in [6, 6.07) is 6.17. The first kappa shape index (κ1) is 9.52. The van der Waals surface area contributed by atoms with Crippen molar-refractivity contribution in [1.82, 2.24) is 5.32 Å². The first-order valence-corrected chi connectivity index (χ1v) is 5.36. The quantitative estimate of drug-likeness (QED) is 0.805. The van der Waals surface area contributed by atoms with Crippen LogP contribution in [0.25, 0.3) is 0 Å². The lowest BCUT2D eigenvalue weighted by molar-refractivity contribution is 0.959. The first-order chi connectivity index (χ1) is 6.75. The molecule has 0 spiro atoms. The van der Waals surface area contributed by atoms with Gasteiger partial charge in [0.2, 0.25) is 0 Å². The van der Waals surface area contributed by atoms with Crippen LogP contribution in [0.3, 0.4) is 0 Å². The molecule has 4 heteroatoms. The van der Waals surface area contributed by atoms with Crippen LogP contribution in [-0.2, 0) is 0 Å². The predicted molar refractivity (Wildman–Crippen MR) is 62.8 cm³/mol. The average molecular weight is 254 g/mol. The number of anilines is 1. The molecule has 0 saturated heterocycles. The van der Waals surface area contributed by atoms with Gasteiger partial charge >= 0.3 is 0 Å². The highest BCUT2D eigenvalue weighted by Gasteiger charge is 2.05. The summed E-state index contributed by atoms with van der Waals surface area (Å²) in [7, 11) is 0. The van der Waals surface area contributed by atoms with E-state index < -0.39 is 0 Å². The smallest absolute Gasteiger partial charge is 0.195 e. The summed E-state index contributed by atoms with van der Waals surface area (Å²) < 4.78 is 1.11. The van der Waals surface area contributed by atoms with Gasteiger partial charge in [0.05, 0.1) is 6.54 Å². The Morgan fingerprint density at radius 3 is 3.00 bits per heavy atom. The van der Waals surface area contributed by atoms with Crippen molar-refractivity contribution in [3.8, 4) is 0 Å². The molecule has 0 unspecified atom stereocenters. The van der Waals surface area contributed by atoms with Crippen LogP contribution < -0.4 is 10.6 Å². The Bertz CT molecular complexity index is 374. The Balaban J connectivity index is 2.13. The molecule has 0 fully saturated rings. The molecule has 2 N–H and O–H groups in total. The normalized spacial score (nSPS) is 14.9. The van der Waals surface area contributed by atoms with Gasteiger partial charge in [0, 0.05) is 16.7 Å². The maximum atomic E-state index is 4.26. The minimum Gasteiger partial charge on any atom is -0.354 e. The predicted octanol–water partition coefficient (Wildman–Crippen LogP) is 2.13. The molecular weight excluding hydrogens is 242 g/mol. The average Bonchev–Trinajstić information content (AvgIpc) is 2.64. The van der Waals surface area contributed by atoms with Gasteiger partial charge in [-0.3, -0.25) is 4.99 Å². The second-order valence-electron chi connectivity index (χ2n) is 3.25.